The average Bonchev–Trinajstić information content (AvgIpc) is 2.95. The molecule has 1 atom stereocenters. The molecule has 0 saturated carbocycles. The van der Waals surface area contributed by atoms with Gasteiger partial charge in [0, 0.05) is 25.0 Å². The zero-order chi connectivity index (χ0) is 14.7. The Kier molecular flexibility index (Phi) is 3.89. The Morgan fingerprint density at radius 2 is 2.05 bits per heavy atom. The summed E-state index contributed by atoms with van der Waals surface area (Å²) in [6, 6.07) is 11.6. The van der Waals surface area contributed by atoms with Gasteiger partial charge in [0.05, 0.1) is 12.1 Å². The molecule has 108 valence electrons. The number of aromatic nitrogens is 3. The molecule has 6 nitrogen and oxygen atoms in total. The van der Waals surface area contributed by atoms with Gasteiger partial charge in [-0.05, 0) is 12.1 Å². The molecule has 0 fully saturated rings. The maximum atomic E-state index is 5.87. The van der Waals surface area contributed by atoms with Crippen molar-refractivity contribution >= 4 is 10.9 Å². The van der Waals surface area contributed by atoms with Gasteiger partial charge in [-0.15, -0.1) is 0 Å². The molecule has 6 heteroatoms. The topological polar surface area (TPSA) is 87.1 Å². The van der Waals surface area contributed by atoms with E-state index in [1.165, 1.54) is 0 Å². The molecule has 1 unspecified atom stereocenters. The molecule has 0 aliphatic heterocycles. The lowest BCUT2D eigenvalue weighted by atomic mass is 10.2. The van der Waals surface area contributed by atoms with Crippen LogP contribution >= 0.6 is 0 Å². The fraction of sp³-hybridized carbons (Fsp3) is 0.267. The van der Waals surface area contributed by atoms with Gasteiger partial charge in [0.15, 0.2) is 0 Å². The van der Waals surface area contributed by atoms with Crippen LogP contribution in [0.2, 0.25) is 0 Å². The predicted molar refractivity (Wildman–Crippen MR) is 78.6 cm³/mol. The third-order valence-electron chi connectivity index (χ3n) is 3.11. The summed E-state index contributed by atoms with van der Waals surface area (Å²) >= 11 is 0. The molecule has 2 N–H and O–H groups in total. The highest BCUT2D eigenvalue weighted by Crippen LogP contribution is 2.18. The number of para-hydroxylation sites is 1. The Morgan fingerprint density at radius 3 is 2.90 bits per heavy atom. The lowest BCUT2D eigenvalue weighted by Crippen LogP contribution is -2.28. The minimum atomic E-state index is -0.159. The quantitative estimate of drug-likeness (QED) is 0.768. The van der Waals surface area contributed by atoms with Crippen LogP contribution in [0.4, 0.5) is 0 Å². The molecule has 2 aromatic heterocycles. The number of hydrogen-bond acceptors (Lipinski definition) is 6. The Hall–Kier alpha value is -2.31. The summed E-state index contributed by atoms with van der Waals surface area (Å²) in [5, 5.41) is 5.04. The average molecular weight is 284 g/mol. The van der Waals surface area contributed by atoms with Crippen LogP contribution in [0, 0.1) is 0 Å². The van der Waals surface area contributed by atoms with E-state index in [1.54, 1.807) is 7.11 Å². The maximum absolute atomic E-state index is 5.87. The number of nitrogens with zero attached hydrogens (tertiary/aromatic N) is 3. The van der Waals surface area contributed by atoms with E-state index in [1.807, 2.05) is 36.4 Å². The number of fused-ring (bicyclic) bond motifs is 1. The van der Waals surface area contributed by atoms with Crippen molar-refractivity contribution in [3.8, 4) is 11.5 Å². The first-order valence-corrected chi connectivity index (χ1v) is 6.69. The van der Waals surface area contributed by atoms with E-state index < -0.39 is 0 Å². The number of rotatable bonds is 5. The van der Waals surface area contributed by atoms with Gasteiger partial charge in [-0.1, -0.05) is 29.4 Å². The largest absolute Gasteiger partial charge is 0.383 e. The van der Waals surface area contributed by atoms with E-state index in [4.69, 9.17) is 15.0 Å². The highest BCUT2D eigenvalue weighted by atomic mass is 16.5. The normalized spacial score (nSPS) is 12.7. The van der Waals surface area contributed by atoms with Gasteiger partial charge in [0.25, 0.3) is 0 Å². The monoisotopic (exact) mass is 284 g/mol. The minimum Gasteiger partial charge on any atom is -0.383 e. The standard InChI is InChI=1S/C15H16N4O2/c1-20-9-11(16)8-14-18-15(19-21-14)13-7-6-10-4-2-3-5-12(10)17-13/h2-7,11H,8-9,16H2,1H3. The van der Waals surface area contributed by atoms with Gasteiger partial charge < -0.3 is 15.0 Å². The van der Waals surface area contributed by atoms with Crippen LogP contribution in [0.15, 0.2) is 40.9 Å². The first-order valence-electron chi connectivity index (χ1n) is 6.69. The van der Waals surface area contributed by atoms with Gasteiger partial charge in [-0.3, -0.25) is 0 Å². The van der Waals surface area contributed by atoms with E-state index in [-0.39, 0.29) is 6.04 Å². The molecular weight excluding hydrogens is 268 g/mol. The smallest absolute Gasteiger partial charge is 0.228 e. The third kappa shape index (κ3) is 3.07. The maximum Gasteiger partial charge on any atom is 0.228 e. The summed E-state index contributed by atoms with van der Waals surface area (Å²) in [5.41, 5.74) is 7.45. The van der Waals surface area contributed by atoms with Crippen LogP contribution < -0.4 is 5.73 Å². The van der Waals surface area contributed by atoms with Gasteiger partial charge in [0.2, 0.25) is 11.7 Å². The first-order chi connectivity index (χ1) is 10.3. The van der Waals surface area contributed by atoms with E-state index in [0.717, 1.165) is 10.9 Å². The summed E-state index contributed by atoms with van der Waals surface area (Å²) in [4.78, 5) is 8.87. The molecule has 3 rings (SSSR count). The number of ether oxygens (including phenoxy) is 1. The van der Waals surface area contributed by atoms with Crippen molar-refractivity contribution in [1.82, 2.24) is 15.1 Å². The molecule has 3 aromatic rings. The van der Waals surface area contributed by atoms with Gasteiger partial charge >= 0.3 is 0 Å². The van der Waals surface area contributed by atoms with Crippen LogP contribution in [-0.2, 0) is 11.2 Å². The molecule has 0 spiro atoms. The SMILES string of the molecule is COCC(N)Cc1nc(-c2ccc3ccccc3n2)no1. The molecule has 21 heavy (non-hydrogen) atoms. The highest BCUT2D eigenvalue weighted by Gasteiger charge is 2.13. The van der Waals surface area contributed by atoms with Crippen molar-refractivity contribution in [3.05, 3.63) is 42.3 Å². The zero-order valence-corrected chi connectivity index (χ0v) is 11.7. The second-order valence-electron chi connectivity index (χ2n) is 4.82. The van der Waals surface area contributed by atoms with Crippen molar-refractivity contribution in [2.75, 3.05) is 13.7 Å². The summed E-state index contributed by atoms with van der Waals surface area (Å²) in [6.07, 6.45) is 0.481. The molecule has 0 radical (unpaired) electrons. The van der Waals surface area contributed by atoms with E-state index in [9.17, 15) is 0 Å². The molecule has 0 aliphatic carbocycles. The Bertz CT molecular complexity index is 741. The summed E-state index contributed by atoms with van der Waals surface area (Å²) in [5.74, 6) is 0.963. The Morgan fingerprint density at radius 1 is 1.19 bits per heavy atom. The van der Waals surface area contributed by atoms with Crippen molar-refractivity contribution in [2.24, 2.45) is 5.73 Å². The molecule has 2 heterocycles. The number of hydrogen-bond donors (Lipinski definition) is 1. The van der Waals surface area contributed by atoms with Gasteiger partial charge in [-0.25, -0.2) is 4.98 Å². The van der Waals surface area contributed by atoms with Crippen molar-refractivity contribution < 1.29 is 9.26 Å². The fourth-order valence-electron chi connectivity index (χ4n) is 2.13. The lowest BCUT2D eigenvalue weighted by Gasteiger charge is -2.05. The molecule has 0 bridgehead atoms. The van der Waals surface area contributed by atoms with Gasteiger partial charge in [-0.2, -0.15) is 4.98 Å². The minimum absolute atomic E-state index is 0.159. The predicted octanol–water partition coefficient (Wildman–Crippen LogP) is 1.80. The van der Waals surface area contributed by atoms with Crippen LogP contribution in [0.1, 0.15) is 5.89 Å². The van der Waals surface area contributed by atoms with Crippen LogP contribution in [0.3, 0.4) is 0 Å². The van der Waals surface area contributed by atoms with E-state index in [0.29, 0.717) is 30.4 Å². The van der Waals surface area contributed by atoms with Crippen LogP contribution in [0.25, 0.3) is 22.4 Å². The zero-order valence-electron chi connectivity index (χ0n) is 11.7. The molecule has 1 aromatic carbocycles. The number of nitrogens with two attached hydrogens (primary N) is 1. The number of methoxy groups -OCH3 is 1. The second-order valence-corrected chi connectivity index (χ2v) is 4.82. The van der Waals surface area contributed by atoms with Crippen molar-refractivity contribution in [3.63, 3.8) is 0 Å². The van der Waals surface area contributed by atoms with E-state index >= 15 is 0 Å². The molecule has 0 amide bonds. The number of pyridine rings is 1. The second kappa shape index (κ2) is 5.99. The lowest BCUT2D eigenvalue weighted by molar-refractivity contribution is 0.176. The van der Waals surface area contributed by atoms with Crippen LogP contribution in [-0.4, -0.2) is 34.9 Å². The summed E-state index contributed by atoms with van der Waals surface area (Å²) in [7, 11) is 1.61. The molecular formula is C15H16N4O2. The molecule has 0 aliphatic rings. The summed E-state index contributed by atoms with van der Waals surface area (Å²) < 4.78 is 10.2. The highest BCUT2D eigenvalue weighted by molar-refractivity contribution is 5.80. The fourth-order valence-corrected chi connectivity index (χ4v) is 2.13. The van der Waals surface area contributed by atoms with E-state index in [2.05, 4.69) is 15.1 Å². The Labute approximate surface area is 121 Å². The summed E-state index contributed by atoms with van der Waals surface area (Å²) in [6.45, 7) is 0.450. The Balaban J connectivity index is 1.84. The van der Waals surface area contributed by atoms with Gasteiger partial charge in [0.1, 0.15) is 5.69 Å². The number of benzene rings is 1. The van der Waals surface area contributed by atoms with Crippen molar-refractivity contribution in [2.45, 2.75) is 12.5 Å². The molecule has 0 saturated heterocycles. The van der Waals surface area contributed by atoms with Crippen molar-refractivity contribution in [1.29, 1.82) is 0 Å². The third-order valence-corrected chi connectivity index (χ3v) is 3.11. The first kappa shape index (κ1) is 13.7. The van der Waals surface area contributed by atoms with Crippen LogP contribution in [0.5, 0.6) is 0 Å².